The summed E-state index contributed by atoms with van der Waals surface area (Å²) < 4.78 is 44.2. The van der Waals surface area contributed by atoms with Crippen LogP contribution in [0.5, 0.6) is 0 Å². The van der Waals surface area contributed by atoms with Crippen LogP contribution in [0, 0.1) is 5.92 Å². The Bertz CT molecular complexity index is 394. The maximum atomic E-state index is 12.6. The minimum Gasteiger partial charge on any atom is -0.381 e. The summed E-state index contributed by atoms with van der Waals surface area (Å²) in [5, 5.41) is 3.66. The molecular weight excluding hydrogens is 233 g/mol. The maximum absolute atomic E-state index is 12.6. The fourth-order valence-electron chi connectivity index (χ4n) is 1.82. The molecule has 0 amide bonds. The molecule has 0 saturated carbocycles. The first kappa shape index (κ1) is 12.4. The molecule has 3 nitrogen and oxygen atoms in total. The SMILES string of the molecule is CC(C)c1cc(C(F)(F)F)nn1CC1COC1. The van der Waals surface area contributed by atoms with Crippen molar-refractivity contribution in [1.29, 1.82) is 0 Å². The molecular formula is C11H15F3N2O. The molecule has 1 aromatic heterocycles. The predicted molar refractivity (Wildman–Crippen MR) is 55.6 cm³/mol. The second-order valence-electron chi connectivity index (χ2n) is 4.69. The fraction of sp³-hybridized carbons (Fsp3) is 0.727. The van der Waals surface area contributed by atoms with Crippen molar-refractivity contribution in [2.75, 3.05) is 13.2 Å². The topological polar surface area (TPSA) is 27.1 Å². The molecule has 0 aliphatic carbocycles. The molecule has 96 valence electrons. The molecule has 1 aliphatic heterocycles. The molecule has 0 aromatic carbocycles. The highest BCUT2D eigenvalue weighted by atomic mass is 19.4. The molecule has 0 spiro atoms. The molecule has 0 N–H and O–H groups in total. The Balaban J connectivity index is 2.24. The zero-order chi connectivity index (χ0) is 12.6. The van der Waals surface area contributed by atoms with E-state index in [9.17, 15) is 13.2 Å². The van der Waals surface area contributed by atoms with E-state index in [1.54, 1.807) is 0 Å². The van der Waals surface area contributed by atoms with Gasteiger partial charge in [-0.25, -0.2) is 0 Å². The van der Waals surface area contributed by atoms with E-state index in [0.717, 1.165) is 6.07 Å². The van der Waals surface area contributed by atoms with Crippen LogP contribution in [0.25, 0.3) is 0 Å². The number of aromatic nitrogens is 2. The van der Waals surface area contributed by atoms with Crippen LogP contribution in [0.1, 0.15) is 31.2 Å². The van der Waals surface area contributed by atoms with E-state index in [1.807, 2.05) is 13.8 Å². The molecule has 6 heteroatoms. The van der Waals surface area contributed by atoms with Crippen molar-refractivity contribution in [3.05, 3.63) is 17.5 Å². The van der Waals surface area contributed by atoms with E-state index in [0.29, 0.717) is 25.5 Å². The molecule has 0 bridgehead atoms. The third-order valence-electron chi connectivity index (χ3n) is 2.83. The van der Waals surface area contributed by atoms with Crippen molar-refractivity contribution >= 4 is 0 Å². The zero-order valence-electron chi connectivity index (χ0n) is 9.79. The number of hydrogen-bond acceptors (Lipinski definition) is 2. The average Bonchev–Trinajstić information content (AvgIpc) is 2.54. The van der Waals surface area contributed by atoms with Gasteiger partial charge in [0.2, 0.25) is 0 Å². The van der Waals surface area contributed by atoms with Crippen LogP contribution >= 0.6 is 0 Å². The molecule has 1 fully saturated rings. The Hall–Kier alpha value is -1.04. The first-order valence-corrected chi connectivity index (χ1v) is 5.60. The van der Waals surface area contributed by atoms with E-state index in [2.05, 4.69) is 5.10 Å². The van der Waals surface area contributed by atoms with Gasteiger partial charge in [0.05, 0.1) is 13.2 Å². The van der Waals surface area contributed by atoms with Crippen LogP contribution in [0.2, 0.25) is 0 Å². The average molecular weight is 248 g/mol. The fourth-order valence-corrected chi connectivity index (χ4v) is 1.82. The molecule has 2 rings (SSSR count). The lowest BCUT2D eigenvalue weighted by molar-refractivity contribution is -0.141. The molecule has 0 radical (unpaired) electrons. The summed E-state index contributed by atoms with van der Waals surface area (Å²) in [5.41, 5.74) is -0.175. The summed E-state index contributed by atoms with van der Waals surface area (Å²) in [6, 6.07) is 1.14. The second-order valence-corrected chi connectivity index (χ2v) is 4.69. The van der Waals surface area contributed by atoms with Gasteiger partial charge in [0, 0.05) is 18.2 Å². The highest BCUT2D eigenvalue weighted by Crippen LogP contribution is 2.31. The molecule has 1 saturated heterocycles. The third kappa shape index (κ3) is 2.62. The Morgan fingerprint density at radius 2 is 2.12 bits per heavy atom. The van der Waals surface area contributed by atoms with Gasteiger partial charge in [0.25, 0.3) is 0 Å². The lowest BCUT2D eigenvalue weighted by atomic mass is 10.1. The summed E-state index contributed by atoms with van der Waals surface area (Å²) in [5.74, 6) is 0.313. The highest BCUT2D eigenvalue weighted by Gasteiger charge is 2.35. The zero-order valence-corrected chi connectivity index (χ0v) is 9.79. The van der Waals surface area contributed by atoms with E-state index in [-0.39, 0.29) is 11.8 Å². The summed E-state index contributed by atoms with van der Waals surface area (Å²) >= 11 is 0. The summed E-state index contributed by atoms with van der Waals surface area (Å²) in [4.78, 5) is 0. The van der Waals surface area contributed by atoms with Crippen LogP contribution < -0.4 is 0 Å². The Kier molecular flexibility index (Phi) is 3.16. The van der Waals surface area contributed by atoms with Gasteiger partial charge in [0.1, 0.15) is 0 Å². The van der Waals surface area contributed by atoms with Gasteiger partial charge in [-0.1, -0.05) is 13.8 Å². The Morgan fingerprint density at radius 1 is 1.47 bits per heavy atom. The summed E-state index contributed by atoms with van der Waals surface area (Å²) in [7, 11) is 0. The van der Waals surface area contributed by atoms with Crippen molar-refractivity contribution in [3.8, 4) is 0 Å². The molecule has 17 heavy (non-hydrogen) atoms. The highest BCUT2D eigenvalue weighted by molar-refractivity contribution is 5.16. The normalized spacial score (nSPS) is 17.5. The van der Waals surface area contributed by atoms with E-state index in [4.69, 9.17) is 4.74 Å². The number of nitrogens with zero attached hydrogens (tertiary/aromatic N) is 2. The lowest BCUT2D eigenvalue weighted by Crippen LogP contribution is -2.32. The van der Waals surface area contributed by atoms with Crippen LogP contribution in [-0.4, -0.2) is 23.0 Å². The van der Waals surface area contributed by atoms with Crippen LogP contribution in [0.4, 0.5) is 13.2 Å². The monoisotopic (exact) mass is 248 g/mol. The maximum Gasteiger partial charge on any atom is 0.435 e. The smallest absolute Gasteiger partial charge is 0.381 e. The van der Waals surface area contributed by atoms with Gasteiger partial charge in [-0.15, -0.1) is 0 Å². The van der Waals surface area contributed by atoms with Crippen LogP contribution in [0.15, 0.2) is 6.07 Å². The van der Waals surface area contributed by atoms with Gasteiger partial charge in [-0.2, -0.15) is 18.3 Å². The van der Waals surface area contributed by atoms with E-state index >= 15 is 0 Å². The lowest BCUT2D eigenvalue weighted by Gasteiger charge is -2.26. The molecule has 0 unspecified atom stereocenters. The standard InChI is InChI=1S/C11H15F3N2O/c1-7(2)9-3-10(11(12,13)14)15-16(9)4-8-5-17-6-8/h3,7-8H,4-6H2,1-2H3. The van der Waals surface area contributed by atoms with Crippen molar-refractivity contribution in [1.82, 2.24) is 9.78 Å². The number of ether oxygens (including phenoxy) is 1. The van der Waals surface area contributed by atoms with Crippen molar-refractivity contribution in [2.24, 2.45) is 5.92 Å². The minimum atomic E-state index is -4.37. The third-order valence-corrected chi connectivity index (χ3v) is 2.83. The first-order valence-electron chi connectivity index (χ1n) is 5.60. The molecule has 1 aromatic rings. The quantitative estimate of drug-likeness (QED) is 0.822. The number of halogens is 3. The second kappa shape index (κ2) is 4.33. The molecule has 1 aliphatic rings. The van der Waals surface area contributed by atoms with Crippen molar-refractivity contribution < 1.29 is 17.9 Å². The van der Waals surface area contributed by atoms with Gasteiger partial charge in [-0.3, -0.25) is 4.68 Å². The molecule has 0 atom stereocenters. The number of rotatable bonds is 3. The first-order chi connectivity index (χ1) is 7.88. The minimum absolute atomic E-state index is 0.0274. The summed E-state index contributed by atoms with van der Waals surface area (Å²) in [6.07, 6.45) is -4.37. The van der Waals surface area contributed by atoms with E-state index in [1.165, 1.54) is 4.68 Å². The van der Waals surface area contributed by atoms with Crippen molar-refractivity contribution in [3.63, 3.8) is 0 Å². The van der Waals surface area contributed by atoms with E-state index < -0.39 is 11.9 Å². The molecule has 2 heterocycles. The van der Waals surface area contributed by atoms with Crippen LogP contribution in [-0.2, 0) is 17.5 Å². The largest absolute Gasteiger partial charge is 0.435 e. The number of alkyl halides is 3. The summed E-state index contributed by atoms with van der Waals surface area (Å²) in [6.45, 7) is 5.46. The van der Waals surface area contributed by atoms with Crippen LogP contribution in [0.3, 0.4) is 0 Å². The van der Waals surface area contributed by atoms with Gasteiger partial charge in [0.15, 0.2) is 5.69 Å². The predicted octanol–water partition coefficient (Wildman–Crippen LogP) is 2.67. The van der Waals surface area contributed by atoms with Crippen molar-refractivity contribution in [2.45, 2.75) is 32.5 Å². The Morgan fingerprint density at radius 3 is 2.53 bits per heavy atom. The van der Waals surface area contributed by atoms with Gasteiger partial charge in [-0.05, 0) is 12.0 Å². The van der Waals surface area contributed by atoms with Gasteiger partial charge < -0.3 is 4.74 Å². The van der Waals surface area contributed by atoms with Gasteiger partial charge >= 0.3 is 6.18 Å². The Labute approximate surface area is 97.6 Å². The number of hydrogen-bond donors (Lipinski definition) is 0.